The molecule has 0 amide bonds. The van der Waals surface area contributed by atoms with E-state index in [0.717, 1.165) is 0 Å². The molecule has 0 aliphatic rings. The van der Waals surface area contributed by atoms with Crippen LogP contribution in [0.3, 0.4) is 0 Å². The number of nitrogens with zero attached hydrogens (tertiary/aromatic N) is 2. The topological polar surface area (TPSA) is 101 Å². The molecule has 0 aliphatic heterocycles. The van der Waals surface area contributed by atoms with E-state index in [9.17, 15) is 4.79 Å². The number of aromatic nitrogens is 2. The number of methoxy groups -OCH3 is 5. The summed E-state index contributed by atoms with van der Waals surface area (Å²) in [6.07, 6.45) is 0. The van der Waals surface area contributed by atoms with Crippen molar-refractivity contribution in [2.45, 2.75) is 0 Å². The minimum absolute atomic E-state index is 0.256. The van der Waals surface area contributed by atoms with Gasteiger partial charge in [0.1, 0.15) is 17.2 Å². The van der Waals surface area contributed by atoms with Crippen LogP contribution < -0.4 is 29.0 Å². The molecule has 2 heterocycles. The zero-order valence-electron chi connectivity index (χ0n) is 19.3. The number of anilines is 2. The molecule has 10 heteroatoms. The molecule has 0 aliphatic carbocycles. The van der Waals surface area contributed by atoms with Crippen molar-refractivity contribution in [2.75, 3.05) is 40.9 Å². The Morgan fingerprint density at radius 1 is 0.824 bits per heavy atom. The van der Waals surface area contributed by atoms with Crippen molar-refractivity contribution in [2.24, 2.45) is 0 Å². The molecule has 2 aromatic carbocycles. The number of fused-ring (bicyclic) bond motifs is 1. The van der Waals surface area contributed by atoms with Crippen LogP contribution in [0.1, 0.15) is 16.1 Å². The monoisotopic (exact) mass is 481 g/mol. The molecule has 0 atom stereocenters. The first-order chi connectivity index (χ1) is 16.5. The summed E-state index contributed by atoms with van der Waals surface area (Å²) in [6, 6.07) is 10.4. The van der Waals surface area contributed by atoms with Crippen molar-refractivity contribution in [1.82, 2.24) is 9.97 Å². The fourth-order valence-corrected chi connectivity index (χ4v) is 4.25. The summed E-state index contributed by atoms with van der Waals surface area (Å²) < 4.78 is 27.5. The Labute approximate surface area is 200 Å². The molecule has 0 radical (unpaired) electrons. The van der Waals surface area contributed by atoms with Crippen molar-refractivity contribution in [3.63, 3.8) is 0 Å². The van der Waals surface area contributed by atoms with Gasteiger partial charge in [0.25, 0.3) is 0 Å². The van der Waals surface area contributed by atoms with Crippen molar-refractivity contribution >= 4 is 39.0 Å². The van der Waals surface area contributed by atoms with Gasteiger partial charge in [-0.3, -0.25) is 4.79 Å². The molecule has 0 saturated heterocycles. The Balaban J connectivity index is 1.79. The van der Waals surface area contributed by atoms with E-state index >= 15 is 0 Å². The van der Waals surface area contributed by atoms with Gasteiger partial charge in [-0.05, 0) is 23.6 Å². The van der Waals surface area contributed by atoms with E-state index in [4.69, 9.17) is 23.7 Å². The zero-order valence-corrected chi connectivity index (χ0v) is 20.1. The van der Waals surface area contributed by atoms with Crippen LogP contribution >= 0.6 is 11.3 Å². The second-order valence-electron chi connectivity index (χ2n) is 7.00. The summed E-state index contributed by atoms with van der Waals surface area (Å²) in [7, 11) is 7.64. The third-order valence-electron chi connectivity index (χ3n) is 5.05. The van der Waals surface area contributed by atoms with Crippen LogP contribution in [0.25, 0.3) is 10.2 Å². The van der Waals surface area contributed by atoms with Crippen LogP contribution in [0.5, 0.6) is 28.7 Å². The van der Waals surface area contributed by atoms with Crippen LogP contribution in [0.4, 0.5) is 11.6 Å². The van der Waals surface area contributed by atoms with E-state index in [1.807, 2.05) is 11.4 Å². The van der Waals surface area contributed by atoms with Gasteiger partial charge in [-0.25, -0.2) is 9.97 Å². The minimum atomic E-state index is -0.305. The highest BCUT2D eigenvalue weighted by Crippen LogP contribution is 2.39. The summed E-state index contributed by atoms with van der Waals surface area (Å²) in [5.74, 6) is 2.32. The molecule has 2 aromatic heterocycles. The van der Waals surface area contributed by atoms with Gasteiger partial charge in [-0.2, -0.15) is 0 Å². The van der Waals surface area contributed by atoms with Crippen LogP contribution in [-0.2, 0) is 0 Å². The quantitative estimate of drug-likeness (QED) is 0.341. The third kappa shape index (κ3) is 4.40. The molecule has 4 rings (SSSR count). The van der Waals surface area contributed by atoms with E-state index in [-0.39, 0.29) is 17.4 Å². The molecule has 0 saturated carbocycles. The molecule has 0 unspecified atom stereocenters. The maximum atomic E-state index is 13.6. The highest BCUT2D eigenvalue weighted by molar-refractivity contribution is 7.17. The fourth-order valence-electron chi connectivity index (χ4n) is 3.43. The average molecular weight is 482 g/mol. The lowest BCUT2D eigenvalue weighted by Crippen LogP contribution is -2.09. The largest absolute Gasteiger partial charge is 0.497 e. The number of benzene rings is 2. The number of nitrogens with one attached hydrogen (secondary N) is 1. The molecule has 176 valence electrons. The fraction of sp³-hybridized carbons (Fsp3) is 0.208. The minimum Gasteiger partial charge on any atom is -0.497 e. The maximum absolute atomic E-state index is 13.6. The highest BCUT2D eigenvalue weighted by atomic mass is 32.1. The highest BCUT2D eigenvalue weighted by Gasteiger charge is 2.22. The number of thiophene rings is 1. The maximum Gasteiger partial charge on any atom is 0.228 e. The number of ether oxygens (including phenoxy) is 5. The predicted molar refractivity (Wildman–Crippen MR) is 130 cm³/mol. The van der Waals surface area contributed by atoms with Crippen molar-refractivity contribution in [3.05, 3.63) is 53.0 Å². The summed E-state index contributed by atoms with van der Waals surface area (Å²) in [5, 5.41) is 5.01. The Morgan fingerprint density at radius 3 is 2.03 bits per heavy atom. The number of carbonyl (C=O) groups is 1. The van der Waals surface area contributed by atoms with Gasteiger partial charge in [0, 0.05) is 29.4 Å². The SMILES string of the molecule is COc1cc(Nc2nc(C(=O)c3cc(OC)c(OC)c(OC)c3)c3sccc3n2)cc(OC)c1. The normalized spacial score (nSPS) is 10.6. The lowest BCUT2D eigenvalue weighted by atomic mass is 10.1. The molecule has 0 spiro atoms. The Hall–Kier alpha value is -4.05. The number of hydrogen-bond acceptors (Lipinski definition) is 10. The van der Waals surface area contributed by atoms with Crippen molar-refractivity contribution in [1.29, 1.82) is 0 Å². The predicted octanol–water partition coefficient (Wildman–Crippen LogP) is 4.71. The molecular weight excluding hydrogens is 458 g/mol. The summed E-state index contributed by atoms with van der Waals surface area (Å²) in [6.45, 7) is 0. The van der Waals surface area contributed by atoms with Gasteiger partial charge < -0.3 is 29.0 Å². The Kier molecular flexibility index (Phi) is 6.69. The van der Waals surface area contributed by atoms with Gasteiger partial charge in [-0.1, -0.05) is 0 Å². The van der Waals surface area contributed by atoms with Gasteiger partial charge in [-0.15, -0.1) is 11.3 Å². The van der Waals surface area contributed by atoms with Crippen LogP contribution in [0, 0.1) is 0 Å². The van der Waals surface area contributed by atoms with E-state index < -0.39 is 0 Å². The second kappa shape index (κ2) is 9.84. The summed E-state index contributed by atoms with van der Waals surface area (Å²) >= 11 is 1.39. The smallest absolute Gasteiger partial charge is 0.228 e. The van der Waals surface area contributed by atoms with E-state index in [2.05, 4.69) is 15.3 Å². The number of carbonyl (C=O) groups excluding carboxylic acids is 1. The number of ketones is 1. The van der Waals surface area contributed by atoms with E-state index in [1.54, 1.807) is 44.6 Å². The summed E-state index contributed by atoms with van der Waals surface area (Å²) in [5.41, 5.74) is 1.90. The Morgan fingerprint density at radius 2 is 1.47 bits per heavy atom. The van der Waals surface area contributed by atoms with E-state index in [1.165, 1.54) is 32.7 Å². The lowest BCUT2D eigenvalue weighted by molar-refractivity contribution is 0.103. The van der Waals surface area contributed by atoms with Gasteiger partial charge >= 0.3 is 0 Å². The molecule has 0 fully saturated rings. The van der Waals surface area contributed by atoms with Gasteiger partial charge in [0.15, 0.2) is 11.5 Å². The van der Waals surface area contributed by atoms with Gasteiger partial charge in [0.05, 0.1) is 45.8 Å². The first-order valence-corrected chi connectivity index (χ1v) is 11.0. The molecule has 34 heavy (non-hydrogen) atoms. The van der Waals surface area contributed by atoms with Crippen LogP contribution in [0.2, 0.25) is 0 Å². The molecule has 0 bridgehead atoms. The molecule has 4 aromatic rings. The Bertz CT molecular complexity index is 1310. The molecule has 1 N–H and O–H groups in total. The number of hydrogen-bond donors (Lipinski definition) is 1. The first-order valence-electron chi connectivity index (χ1n) is 10.1. The van der Waals surface area contributed by atoms with Crippen molar-refractivity contribution < 1.29 is 28.5 Å². The van der Waals surface area contributed by atoms with E-state index in [0.29, 0.717) is 50.2 Å². The van der Waals surface area contributed by atoms with Gasteiger partial charge in [0.2, 0.25) is 17.5 Å². The standard InChI is InChI=1S/C24H23N3O6S/c1-29-15-10-14(11-16(12-15)30-2)25-24-26-17-6-7-34-23(17)20(27-24)21(28)13-8-18(31-3)22(33-5)19(9-13)32-4/h6-12H,1-5H3,(H,25,26,27). The summed E-state index contributed by atoms with van der Waals surface area (Å²) in [4.78, 5) is 22.7. The molecule has 9 nitrogen and oxygen atoms in total. The van der Waals surface area contributed by atoms with Crippen LogP contribution in [0.15, 0.2) is 41.8 Å². The first kappa shape index (κ1) is 23.1. The van der Waals surface area contributed by atoms with Crippen LogP contribution in [-0.4, -0.2) is 51.3 Å². The second-order valence-corrected chi connectivity index (χ2v) is 7.92. The third-order valence-corrected chi connectivity index (χ3v) is 5.96. The van der Waals surface area contributed by atoms with Crippen molar-refractivity contribution in [3.8, 4) is 28.7 Å². The zero-order chi connectivity index (χ0) is 24.2. The average Bonchev–Trinajstić information content (AvgIpc) is 3.35. The molecular formula is C24H23N3O6S. The lowest BCUT2D eigenvalue weighted by Gasteiger charge is -2.14. The number of rotatable bonds is 9.